The standard InChI is InChI=1S/C16H25N3/c1-2-4-15(5-3-1)7-9-18-10-12-19(13-11-18)16-6-8-17-14-16/h1-5,16-17H,6-14H2. The molecule has 19 heavy (non-hydrogen) atoms. The monoisotopic (exact) mass is 259 g/mol. The summed E-state index contributed by atoms with van der Waals surface area (Å²) < 4.78 is 0. The van der Waals surface area contributed by atoms with E-state index in [1.165, 1.54) is 64.2 Å². The van der Waals surface area contributed by atoms with Gasteiger partial charge in [-0.15, -0.1) is 0 Å². The third-order valence-corrected chi connectivity index (χ3v) is 4.52. The van der Waals surface area contributed by atoms with E-state index >= 15 is 0 Å². The maximum Gasteiger partial charge on any atom is 0.0233 e. The summed E-state index contributed by atoms with van der Waals surface area (Å²) in [5, 5.41) is 3.47. The summed E-state index contributed by atoms with van der Waals surface area (Å²) in [6, 6.07) is 11.6. The fourth-order valence-corrected chi connectivity index (χ4v) is 3.24. The first kappa shape index (κ1) is 13.1. The van der Waals surface area contributed by atoms with Crippen LogP contribution in [0.15, 0.2) is 30.3 Å². The van der Waals surface area contributed by atoms with Crippen LogP contribution in [0.1, 0.15) is 12.0 Å². The SMILES string of the molecule is c1ccc(CCN2CCN(C3CCNC3)CC2)cc1. The van der Waals surface area contributed by atoms with Crippen LogP contribution in [0.3, 0.4) is 0 Å². The molecule has 0 bridgehead atoms. The summed E-state index contributed by atoms with van der Waals surface area (Å²) in [4.78, 5) is 5.30. The molecular weight excluding hydrogens is 234 g/mol. The van der Waals surface area contributed by atoms with Gasteiger partial charge in [-0.3, -0.25) is 4.90 Å². The Hall–Kier alpha value is -0.900. The Morgan fingerprint density at radius 2 is 1.84 bits per heavy atom. The van der Waals surface area contributed by atoms with Gasteiger partial charge in [0.1, 0.15) is 0 Å². The van der Waals surface area contributed by atoms with Crippen LogP contribution >= 0.6 is 0 Å². The summed E-state index contributed by atoms with van der Waals surface area (Å²) in [7, 11) is 0. The molecule has 0 spiro atoms. The predicted octanol–water partition coefficient (Wildman–Crippen LogP) is 1.21. The number of nitrogens with one attached hydrogen (secondary N) is 1. The second-order valence-electron chi connectivity index (χ2n) is 5.76. The average Bonchev–Trinajstić information content (AvgIpc) is 3.01. The van der Waals surface area contributed by atoms with Crippen molar-refractivity contribution >= 4 is 0 Å². The van der Waals surface area contributed by atoms with Crippen LogP contribution in [0.2, 0.25) is 0 Å². The first-order valence-corrected chi connectivity index (χ1v) is 7.63. The Morgan fingerprint density at radius 3 is 2.53 bits per heavy atom. The molecule has 3 nitrogen and oxygen atoms in total. The van der Waals surface area contributed by atoms with Crippen molar-refractivity contribution in [3.05, 3.63) is 35.9 Å². The van der Waals surface area contributed by atoms with Crippen molar-refractivity contribution in [3.8, 4) is 0 Å². The minimum atomic E-state index is 0.802. The molecule has 0 saturated carbocycles. The number of piperazine rings is 1. The van der Waals surface area contributed by atoms with E-state index in [2.05, 4.69) is 45.4 Å². The average molecular weight is 259 g/mol. The van der Waals surface area contributed by atoms with Crippen molar-refractivity contribution in [2.75, 3.05) is 45.8 Å². The van der Waals surface area contributed by atoms with Crippen LogP contribution in [0, 0.1) is 0 Å². The van der Waals surface area contributed by atoms with E-state index in [9.17, 15) is 0 Å². The minimum Gasteiger partial charge on any atom is -0.315 e. The molecule has 2 fully saturated rings. The Kier molecular flexibility index (Phi) is 4.49. The lowest BCUT2D eigenvalue weighted by Crippen LogP contribution is -2.51. The molecular formula is C16H25N3. The first-order valence-electron chi connectivity index (χ1n) is 7.63. The highest BCUT2D eigenvalue weighted by Crippen LogP contribution is 2.12. The zero-order valence-corrected chi connectivity index (χ0v) is 11.7. The highest BCUT2D eigenvalue weighted by Gasteiger charge is 2.25. The molecule has 2 saturated heterocycles. The van der Waals surface area contributed by atoms with Crippen LogP contribution in [-0.4, -0.2) is 61.7 Å². The van der Waals surface area contributed by atoms with Gasteiger partial charge in [-0.25, -0.2) is 0 Å². The van der Waals surface area contributed by atoms with Gasteiger partial charge >= 0.3 is 0 Å². The Morgan fingerprint density at radius 1 is 1.05 bits per heavy atom. The maximum absolute atomic E-state index is 3.47. The molecule has 1 aromatic rings. The van der Waals surface area contributed by atoms with Crippen LogP contribution in [0.5, 0.6) is 0 Å². The quantitative estimate of drug-likeness (QED) is 0.877. The fourth-order valence-electron chi connectivity index (χ4n) is 3.24. The third kappa shape index (κ3) is 3.56. The zero-order valence-electron chi connectivity index (χ0n) is 11.7. The van der Waals surface area contributed by atoms with Gasteiger partial charge in [0.15, 0.2) is 0 Å². The van der Waals surface area contributed by atoms with Crippen molar-refractivity contribution in [2.24, 2.45) is 0 Å². The van der Waals surface area contributed by atoms with Crippen LogP contribution < -0.4 is 5.32 Å². The molecule has 0 aliphatic carbocycles. The number of hydrogen-bond acceptors (Lipinski definition) is 3. The van der Waals surface area contributed by atoms with Gasteiger partial charge in [0.2, 0.25) is 0 Å². The van der Waals surface area contributed by atoms with E-state index < -0.39 is 0 Å². The van der Waals surface area contributed by atoms with Crippen molar-refractivity contribution in [3.63, 3.8) is 0 Å². The second-order valence-corrected chi connectivity index (χ2v) is 5.76. The molecule has 2 aliphatic heterocycles. The van der Waals surface area contributed by atoms with Gasteiger partial charge in [-0.2, -0.15) is 0 Å². The highest BCUT2D eigenvalue weighted by atomic mass is 15.3. The zero-order chi connectivity index (χ0) is 12.9. The lowest BCUT2D eigenvalue weighted by molar-refractivity contribution is 0.103. The maximum atomic E-state index is 3.47. The van der Waals surface area contributed by atoms with E-state index in [0.717, 1.165) is 6.04 Å². The summed E-state index contributed by atoms with van der Waals surface area (Å²) >= 11 is 0. The molecule has 2 heterocycles. The molecule has 0 aromatic heterocycles. The van der Waals surface area contributed by atoms with Crippen molar-refractivity contribution in [2.45, 2.75) is 18.9 Å². The smallest absolute Gasteiger partial charge is 0.0233 e. The molecule has 1 N–H and O–H groups in total. The van der Waals surface area contributed by atoms with Crippen molar-refractivity contribution in [1.82, 2.24) is 15.1 Å². The van der Waals surface area contributed by atoms with Gasteiger partial charge in [0.25, 0.3) is 0 Å². The van der Waals surface area contributed by atoms with Gasteiger partial charge < -0.3 is 10.2 Å². The Bertz CT molecular complexity index is 365. The molecule has 0 amide bonds. The molecule has 1 unspecified atom stereocenters. The van der Waals surface area contributed by atoms with Crippen molar-refractivity contribution in [1.29, 1.82) is 0 Å². The van der Waals surface area contributed by atoms with E-state index in [1.807, 2.05) is 0 Å². The molecule has 3 heteroatoms. The number of rotatable bonds is 4. The van der Waals surface area contributed by atoms with E-state index in [0.29, 0.717) is 0 Å². The normalized spacial score (nSPS) is 25.8. The molecule has 0 radical (unpaired) electrons. The van der Waals surface area contributed by atoms with Gasteiger partial charge in [0, 0.05) is 45.3 Å². The van der Waals surface area contributed by atoms with E-state index in [4.69, 9.17) is 0 Å². The molecule has 104 valence electrons. The van der Waals surface area contributed by atoms with E-state index in [1.54, 1.807) is 0 Å². The summed E-state index contributed by atoms with van der Waals surface area (Å²) in [6.07, 6.45) is 2.52. The highest BCUT2D eigenvalue weighted by molar-refractivity contribution is 5.14. The number of benzene rings is 1. The van der Waals surface area contributed by atoms with Crippen LogP contribution in [0.25, 0.3) is 0 Å². The predicted molar refractivity (Wildman–Crippen MR) is 79.4 cm³/mol. The summed E-state index contributed by atoms with van der Waals surface area (Å²) in [6.45, 7) is 8.60. The Balaban J connectivity index is 1.40. The lowest BCUT2D eigenvalue weighted by Gasteiger charge is -2.37. The summed E-state index contributed by atoms with van der Waals surface area (Å²) in [5.41, 5.74) is 1.46. The largest absolute Gasteiger partial charge is 0.315 e. The van der Waals surface area contributed by atoms with Crippen LogP contribution in [0.4, 0.5) is 0 Å². The summed E-state index contributed by atoms with van der Waals surface area (Å²) in [5.74, 6) is 0. The minimum absolute atomic E-state index is 0.802. The fraction of sp³-hybridized carbons (Fsp3) is 0.625. The van der Waals surface area contributed by atoms with E-state index in [-0.39, 0.29) is 0 Å². The third-order valence-electron chi connectivity index (χ3n) is 4.52. The van der Waals surface area contributed by atoms with Gasteiger partial charge in [0.05, 0.1) is 0 Å². The number of nitrogens with zero attached hydrogens (tertiary/aromatic N) is 2. The van der Waals surface area contributed by atoms with Crippen molar-refractivity contribution < 1.29 is 0 Å². The van der Waals surface area contributed by atoms with Gasteiger partial charge in [-0.1, -0.05) is 30.3 Å². The van der Waals surface area contributed by atoms with Gasteiger partial charge in [-0.05, 0) is 24.9 Å². The molecule has 2 aliphatic rings. The van der Waals surface area contributed by atoms with Crippen LogP contribution in [-0.2, 0) is 6.42 Å². The second kappa shape index (κ2) is 6.51. The topological polar surface area (TPSA) is 18.5 Å². The lowest BCUT2D eigenvalue weighted by atomic mass is 10.1. The molecule has 1 aromatic carbocycles. The first-order chi connectivity index (χ1) is 9.42. The molecule has 1 atom stereocenters. The Labute approximate surface area is 116 Å². The molecule has 3 rings (SSSR count). The number of hydrogen-bond donors (Lipinski definition) is 1.